The van der Waals surface area contributed by atoms with E-state index in [-0.39, 0.29) is 37.8 Å². The van der Waals surface area contributed by atoms with Crippen molar-refractivity contribution in [1.82, 2.24) is 10.6 Å². The molecule has 0 saturated carbocycles. The van der Waals surface area contributed by atoms with E-state index in [9.17, 15) is 19.2 Å². The first-order valence-corrected chi connectivity index (χ1v) is 8.42. The Morgan fingerprint density at radius 1 is 1.04 bits per heavy atom. The maximum absolute atomic E-state index is 12.0. The Morgan fingerprint density at radius 3 is 2.15 bits per heavy atom. The van der Waals surface area contributed by atoms with Crippen molar-refractivity contribution < 1.29 is 23.9 Å². The Morgan fingerprint density at radius 2 is 1.62 bits per heavy atom. The third-order valence-electron chi connectivity index (χ3n) is 3.61. The van der Waals surface area contributed by atoms with E-state index in [1.807, 2.05) is 37.3 Å². The Hall–Kier alpha value is -2.90. The number of esters is 1. The molecule has 0 aliphatic heterocycles. The van der Waals surface area contributed by atoms with Crippen molar-refractivity contribution in [3.8, 4) is 0 Å². The van der Waals surface area contributed by atoms with E-state index in [2.05, 4.69) is 10.6 Å². The summed E-state index contributed by atoms with van der Waals surface area (Å²) in [7, 11) is 0. The van der Waals surface area contributed by atoms with Gasteiger partial charge in [0.15, 0.2) is 0 Å². The molecule has 0 heterocycles. The molecular formula is C18H25N3O5. The predicted octanol–water partition coefficient (Wildman–Crippen LogP) is 0.567. The zero-order chi connectivity index (χ0) is 19.5. The zero-order valence-corrected chi connectivity index (χ0v) is 15.0. The summed E-state index contributed by atoms with van der Waals surface area (Å²) in [5.41, 5.74) is 6.13. The summed E-state index contributed by atoms with van der Waals surface area (Å²) >= 11 is 0. The first-order chi connectivity index (χ1) is 12.3. The minimum Gasteiger partial charge on any atom is -0.466 e. The van der Waals surface area contributed by atoms with Crippen LogP contribution in [-0.4, -0.2) is 36.3 Å². The van der Waals surface area contributed by atoms with Gasteiger partial charge in [0.05, 0.1) is 19.1 Å². The van der Waals surface area contributed by atoms with Crippen LogP contribution in [0.15, 0.2) is 30.3 Å². The molecule has 0 aromatic heterocycles. The van der Waals surface area contributed by atoms with Crippen molar-refractivity contribution in [3.63, 3.8) is 0 Å². The number of amides is 3. The molecular weight excluding hydrogens is 338 g/mol. The first kappa shape index (κ1) is 21.1. The summed E-state index contributed by atoms with van der Waals surface area (Å²) in [5, 5.41) is 5.14. The van der Waals surface area contributed by atoms with Crippen LogP contribution >= 0.6 is 0 Å². The van der Waals surface area contributed by atoms with E-state index in [1.54, 1.807) is 6.92 Å². The maximum atomic E-state index is 12.0. The van der Waals surface area contributed by atoms with Crippen LogP contribution in [0.25, 0.3) is 0 Å². The van der Waals surface area contributed by atoms with E-state index in [1.165, 1.54) is 0 Å². The van der Waals surface area contributed by atoms with Gasteiger partial charge >= 0.3 is 5.97 Å². The lowest BCUT2D eigenvalue weighted by Crippen LogP contribution is -2.46. The van der Waals surface area contributed by atoms with Crippen LogP contribution in [-0.2, 0) is 23.9 Å². The standard InChI is InChI=1S/C18H25N3O5/c1-3-26-17(24)11-14(18(19)25)21-16(23)10-9-15(22)20-12(2)13-7-5-4-6-8-13/h4-8,12,14H,3,9-11H2,1-2H3,(H2,19,25)(H,20,22)(H,21,23)/t12-,14-/m1/s1. The monoisotopic (exact) mass is 363 g/mol. The van der Waals surface area contributed by atoms with Crippen LogP contribution in [0.1, 0.15) is 44.7 Å². The van der Waals surface area contributed by atoms with Gasteiger partial charge in [0, 0.05) is 12.8 Å². The SMILES string of the molecule is CCOC(=O)C[C@@H](NC(=O)CCC(=O)N[C@H](C)c1ccccc1)C(N)=O. The number of benzene rings is 1. The second-order valence-corrected chi connectivity index (χ2v) is 5.73. The number of hydrogen-bond acceptors (Lipinski definition) is 5. The Labute approximate surface area is 152 Å². The van der Waals surface area contributed by atoms with Crippen molar-refractivity contribution in [1.29, 1.82) is 0 Å². The van der Waals surface area contributed by atoms with Gasteiger partial charge in [-0.25, -0.2) is 0 Å². The molecule has 0 saturated heterocycles. The van der Waals surface area contributed by atoms with Crippen molar-refractivity contribution >= 4 is 23.7 Å². The molecule has 1 aromatic carbocycles. The number of ether oxygens (including phenoxy) is 1. The molecule has 1 rings (SSSR count). The average molecular weight is 363 g/mol. The molecule has 8 heteroatoms. The van der Waals surface area contributed by atoms with Crippen LogP contribution in [0.2, 0.25) is 0 Å². The van der Waals surface area contributed by atoms with Crippen LogP contribution in [0.4, 0.5) is 0 Å². The second kappa shape index (κ2) is 10.9. The van der Waals surface area contributed by atoms with Gasteiger partial charge in [-0.15, -0.1) is 0 Å². The summed E-state index contributed by atoms with van der Waals surface area (Å²) in [6, 6.07) is 8.07. The molecule has 0 aliphatic carbocycles. The molecule has 3 amide bonds. The highest BCUT2D eigenvalue weighted by atomic mass is 16.5. The minimum atomic E-state index is -1.16. The predicted molar refractivity (Wildman–Crippen MR) is 94.6 cm³/mol. The number of carbonyl (C=O) groups is 4. The average Bonchev–Trinajstić information content (AvgIpc) is 2.60. The molecule has 0 spiro atoms. The van der Waals surface area contributed by atoms with Crippen molar-refractivity contribution in [3.05, 3.63) is 35.9 Å². The first-order valence-electron chi connectivity index (χ1n) is 8.42. The number of rotatable bonds is 10. The smallest absolute Gasteiger partial charge is 0.308 e. The summed E-state index contributed by atoms with van der Waals surface area (Å²) in [5.74, 6) is -2.31. The van der Waals surface area contributed by atoms with Crippen LogP contribution in [0.5, 0.6) is 0 Å². The largest absolute Gasteiger partial charge is 0.466 e. The Kier molecular flexibility index (Phi) is 8.83. The second-order valence-electron chi connectivity index (χ2n) is 5.73. The Bertz CT molecular complexity index is 633. The van der Waals surface area contributed by atoms with Crippen LogP contribution in [0, 0.1) is 0 Å². The molecule has 8 nitrogen and oxygen atoms in total. The van der Waals surface area contributed by atoms with Crippen LogP contribution < -0.4 is 16.4 Å². The fraction of sp³-hybridized carbons (Fsp3) is 0.444. The fourth-order valence-corrected chi connectivity index (χ4v) is 2.24. The summed E-state index contributed by atoms with van der Waals surface area (Å²) in [4.78, 5) is 46.6. The van der Waals surface area contributed by atoms with Crippen molar-refractivity contribution in [2.24, 2.45) is 5.73 Å². The fourth-order valence-electron chi connectivity index (χ4n) is 2.24. The third-order valence-corrected chi connectivity index (χ3v) is 3.61. The van der Waals surface area contributed by atoms with Gasteiger partial charge in [0.25, 0.3) is 0 Å². The molecule has 0 radical (unpaired) electrons. The molecule has 2 atom stereocenters. The van der Waals surface area contributed by atoms with Gasteiger partial charge in [-0.1, -0.05) is 30.3 Å². The van der Waals surface area contributed by atoms with Gasteiger partial charge in [0.2, 0.25) is 17.7 Å². The highest BCUT2D eigenvalue weighted by Gasteiger charge is 2.22. The van der Waals surface area contributed by atoms with Crippen molar-refractivity contribution in [2.75, 3.05) is 6.61 Å². The molecule has 142 valence electrons. The number of carbonyl (C=O) groups excluding carboxylic acids is 4. The summed E-state index contributed by atoms with van der Waals surface area (Å²) in [6.45, 7) is 3.64. The molecule has 0 unspecified atom stereocenters. The molecule has 0 fully saturated rings. The van der Waals surface area contributed by atoms with E-state index < -0.39 is 23.8 Å². The van der Waals surface area contributed by atoms with Gasteiger partial charge in [-0.2, -0.15) is 0 Å². The van der Waals surface area contributed by atoms with Gasteiger partial charge in [-0.05, 0) is 19.4 Å². The lowest BCUT2D eigenvalue weighted by Gasteiger charge is -2.16. The van der Waals surface area contributed by atoms with E-state index >= 15 is 0 Å². The lowest BCUT2D eigenvalue weighted by molar-refractivity contribution is -0.145. The Balaban J connectivity index is 2.42. The highest BCUT2D eigenvalue weighted by Crippen LogP contribution is 2.11. The topological polar surface area (TPSA) is 128 Å². The van der Waals surface area contributed by atoms with E-state index in [4.69, 9.17) is 10.5 Å². The number of primary amides is 1. The molecule has 26 heavy (non-hydrogen) atoms. The quantitative estimate of drug-likeness (QED) is 0.524. The number of nitrogens with two attached hydrogens (primary N) is 1. The van der Waals surface area contributed by atoms with Crippen LogP contribution in [0.3, 0.4) is 0 Å². The number of nitrogens with one attached hydrogen (secondary N) is 2. The molecule has 4 N–H and O–H groups in total. The normalized spacial score (nSPS) is 12.5. The molecule has 0 aliphatic rings. The lowest BCUT2D eigenvalue weighted by atomic mass is 10.1. The van der Waals surface area contributed by atoms with Crippen molar-refractivity contribution in [2.45, 2.75) is 45.2 Å². The summed E-state index contributed by atoms with van der Waals surface area (Å²) < 4.78 is 4.73. The summed E-state index contributed by atoms with van der Waals surface area (Å²) in [6.07, 6.45) is -0.514. The molecule has 0 bridgehead atoms. The zero-order valence-electron chi connectivity index (χ0n) is 15.0. The van der Waals surface area contributed by atoms with Gasteiger partial charge < -0.3 is 21.1 Å². The van der Waals surface area contributed by atoms with Gasteiger partial charge in [-0.3, -0.25) is 19.2 Å². The highest BCUT2D eigenvalue weighted by molar-refractivity contribution is 5.91. The van der Waals surface area contributed by atoms with E-state index in [0.717, 1.165) is 5.56 Å². The maximum Gasteiger partial charge on any atom is 0.308 e. The van der Waals surface area contributed by atoms with Gasteiger partial charge in [0.1, 0.15) is 6.04 Å². The molecule has 1 aromatic rings. The minimum absolute atomic E-state index is 0.0477. The third kappa shape index (κ3) is 7.78. The number of hydrogen-bond donors (Lipinski definition) is 3. The van der Waals surface area contributed by atoms with E-state index in [0.29, 0.717) is 0 Å².